The molecule has 3 aromatic carbocycles. The predicted octanol–water partition coefficient (Wildman–Crippen LogP) is 5.74. The molecule has 0 aliphatic carbocycles. The first-order chi connectivity index (χ1) is 17.0. The zero-order chi connectivity index (χ0) is 26.0. The van der Waals surface area contributed by atoms with Crippen LogP contribution in [0.2, 0.25) is 5.02 Å². The van der Waals surface area contributed by atoms with Crippen LogP contribution >= 0.6 is 11.6 Å². The first-order valence-electron chi connectivity index (χ1n) is 10.3. The molecule has 1 N–H and O–H groups in total. The molecule has 1 fully saturated rings. The van der Waals surface area contributed by atoms with Gasteiger partial charge in [0.1, 0.15) is 23.7 Å². The number of carbonyl (C=O) groups excluding carboxylic acids is 3. The van der Waals surface area contributed by atoms with Crippen LogP contribution in [0.4, 0.5) is 28.0 Å². The number of nitrogens with one attached hydrogen (secondary N) is 1. The van der Waals surface area contributed by atoms with E-state index in [9.17, 15) is 31.9 Å². The van der Waals surface area contributed by atoms with Gasteiger partial charge < -0.3 is 4.74 Å². The van der Waals surface area contributed by atoms with Gasteiger partial charge in [-0.3, -0.25) is 14.9 Å². The van der Waals surface area contributed by atoms with Crippen molar-refractivity contribution in [2.24, 2.45) is 0 Å². The standard InChI is InChI=1S/C25H15ClF4N2O4/c26-20-10-5-16(25(28,29)30)12-21(20)32-23(34)19(22(33)31-24(32)35)11-14-3-8-18(9-4-14)36-13-15-1-6-17(27)7-2-15/h1-12H,13H2,(H,31,33,35)/b19-11-. The number of hydrogen-bond acceptors (Lipinski definition) is 4. The Kier molecular flexibility index (Phi) is 6.80. The molecule has 0 radical (unpaired) electrons. The Hall–Kier alpha value is -4.18. The minimum Gasteiger partial charge on any atom is -0.489 e. The maximum atomic E-state index is 13.1. The van der Waals surface area contributed by atoms with E-state index in [-0.39, 0.29) is 17.4 Å². The molecule has 1 aliphatic rings. The summed E-state index contributed by atoms with van der Waals surface area (Å²) in [7, 11) is 0. The maximum absolute atomic E-state index is 13.1. The van der Waals surface area contributed by atoms with Crippen molar-refractivity contribution in [2.45, 2.75) is 12.8 Å². The molecule has 0 atom stereocenters. The Bertz CT molecular complexity index is 1370. The van der Waals surface area contributed by atoms with Crippen LogP contribution in [0.3, 0.4) is 0 Å². The molecule has 3 aromatic rings. The number of imide groups is 2. The van der Waals surface area contributed by atoms with Crippen LogP contribution in [-0.2, 0) is 22.4 Å². The smallest absolute Gasteiger partial charge is 0.416 e. The second-order valence-corrected chi connectivity index (χ2v) is 8.01. The van der Waals surface area contributed by atoms with Crippen LogP contribution in [0.15, 0.2) is 72.3 Å². The van der Waals surface area contributed by atoms with Crippen molar-refractivity contribution >= 4 is 41.2 Å². The van der Waals surface area contributed by atoms with Gasteiger partial charge in [0.25, 0.3) is 11.8 Å². The van der Waals surface area contributed by atoms with Gasteiger partial charge in [0.2, 0.25) is 0 Å². The second-order valence-electron chi connectivity index (χ2n) is 7.61. The molecule has 0 bridgehead atoms. The minimum absolute atomic E-state index is 0.177. The number of barbiturate groups is 1. The van der Waals surface area contributed by atoms with Gasteiger partial charge >= 0.3 is 12.2 Å². The Balaban J connectivity index is 1.56. The summed E-state index contributed by atoms with van der Waals surface area (Å²) in [4.78, 5) is 38.1. The van der Waals surface area contributed by atoms with Crippen LogP contribution in [-0.4, -0.2) is 17.8 Å². The van der Waals surface area contributed by atoms with E-state index in [1.54, 1.807) is 24.3 Å². The Morgan fingerprint density at radius 1 is 0.944 bits per heavy atom. The number of alkyl halides is 3. The summed E-state index contributed by atoms with van der Waals surface area (Å²) in [6, 6.07) is 12.9. The number of carbonyl (C=O) groups is 3. The maximum Gasteiger partial charge on any atom is 0.416 e. The van der Waals surface area contributed by atoms with Gasteiger partial charge in [-0.25, -0.2) is 14.1 Å². The van der Waals surface area contributed by atoms with Crippen LogP contribution in [0.5, 0.6) is 5.75 Å². The van der Waals surface area contributed by atoms with E-state index in [2.05, 4.69) is 0 Å². The van der Waals surface area contributed by atoms with Crippen LogP contribution < -0.4 is 15.0 Å². The van der Waals surface area contributed by atoms with E-state index >= 15 is 0 Å². The molecule has 1 aliphatic heterocycles. The molecular formula is C25H15ClF4N2O4. The lowest BCUT2D eigenvalue weighted by Crippen LogP contribution is -2.54. The van der Waals surface area contributed by atoms with Crippen molar-refractivity contribution in [3.05, 3.63) is 99.8 Å². The fraction of sp³-hybridized carbons (Fsp3) is 0.0800. The molecule has 184 valence electrons. The number of benzene rings is 3. The van der Waals surface area contributed by atoms with Crippen molar-refractivity contribution < 1.29 is 36.7 Å². The average molecular weight is 519 g/mol. The van der Waals surface area contributed by atoms with Gasteiger partial charge in [-0.1, -0.05) is 35.9 Å². The lowest BCUT2D eigenvalue weighted by atomic mass is 10.1. The molecular weight excluding hydrogens is 504 g/mol. The number of urea groups is 1. The van der Waals surface area contributed by atoms with Crippen molar-refractivity contribution in [1.29, 1.82) is 0 Å². The van der Waals surface area contributed by atoms with Gasteiger partial charge in [-0.05, 0) is 59.7 Å². The molecule has 0 aromatic heterocycles. The number of hydrogen-bond donors (Lipinski definition) is 1. The van der Waals surface area contributed by atoms with Crippen molar-refractivity contribution in [3.8, 4) is 5.75 Å². The molecule has 11 heteroatoms. The summed E-state index contributed by atoms with van der Waals surface area (Å²) >= 11 is 5.98. The fourth-order valence-corrected chi connectivity index (χ4v) is 3.51. The molecule has 4 amide bonds. The number of rotatable bonds is 5. The van der Waals surface area contributed by atoms with Gasteiger partial charge in [-0.2, -0.15) is 13.2 Å². The van der Waals surface area contributed by atoms with Gasteiger partial charge in [0.15, 0.2) is 0 Å². The molecule has 1 saturated heterocycles. The van der Waals surface area contributed by atoms with E-state index in [0.717, 1.165) is 11.6 Å². The first kappa shape index (κ1) is 24.9. The third kappa shape index (κ3) is 5.38. The summed E-state index contributed by atoms with van der Waals surface area (Å²) in [6.45, 7) is 0.177. The van der Waals surface area contributed by atoms with Crippen molar-refractivity contribution in [2.75, 3.05) is 4.90 Å². The number of ether oxygens (including phenoxy) is 1. The second kappa shape index (κ2) is 9.82. The highest BCUT2D eigenvalue weighted by atomic mass is 35.5. The summed E-state index contributed by atoms with van der Waals surface area (Å²) in [5.41, 5.74) is -1.00. The van der Waals surface area contributed by atoms with Gasteiger partial charge in [0.05, 0.1) is 16.3 Å². The predicted molar refractivity (Wildman–Crippen MR) is 123 cm³/mol. The molecule has 0 unspecified atom stereocenters. The first-order valence-corrected chi connectivity index (χ1v) is 10.7. The lowest BCUT2D eigenvalue weighted by Gasteiger charge is -2.27. The summed E-state index contributed by atoms with van der Waals surface area (Å²) in [6.07, 6.45) is -3.56. The van der Waals surface area contributed by atoms with E-state index < -0.39 is 40.8 Å². The van der Waals surface area contributed by atoms with Crippen molar-refractivity contribution in [3.63, 3.8) is 0 Å². The number of halogens is 5. The summed E-state index contributed by atoms with van der Waals surface area (Å²) < 4.78 is 58.1. The fourth-order valence-electron chi connectivity index (χ4n) is 3.31. The number of amides is 4. The minimum atomic E-state index is -4.75. The summed E-state index contributed by atoms with van der Waals surface area (Å²) in [5, 5.41) is 1.65. The highest BCUT2D eigenvalue weighted by molar-refractivity contribution is 6.42. The third-order valence-corrected chi connectivity index (χ3v) is 5.45. The highest BCUT2D eigenvalue weighted by Gasteiger charge is 2.39. The Labute approximate surface area is 206 Å². The van der Waals surface area contributed by atoms with E-state index in [1.807, 2.05) is 5.32 Å². The SMILES string of the molecule is O=C1NC(=O)N(c2cc(C(F)(F)F)ccc2Cl)C(=O)/C1=C\c1ccc(OCc2ccc(F)cc2)cc1. The number of nitrogens with zero attached hydrogens (tertiary/aromatic N) is 1. The summed E-state index contributed by atoms with van der Waals surface area (Å²) in [5.74, 6) is -2.07. The average Bonchev–Trinajstić information content (AvgIpc) is 2.82. The highest BCUT2D eigenvalue weighted by Crippen LogP contribution is 2.36. The number of anilines is 1. The van der Waals surface area contributed by atoms with Crippen LogP contribution in [0, 0.1) is 5.82 Å². The zero-order valence-electron chi connectivity index (χ0n) is 18.1. The van der Waals surface area contributed by atoms with E-state index in [4.69, 9.17) is 16.3 Å². The third-order valence-electron chi connectivity index (χ3n) is 5.13. The molecule has 36 heavy (non-hydrogen) atoms. The van der Waals surface area contributed by atoms with Crippen LogP contribution in [0.25, 0.3) is 6.08 Å². The van der Waals surface area contributed by atoms with Gasteiger partial charge in [0, 0.05) is 0 Å². The monoisotopic (exact) mass is 518 g/mol. The topological polar surface area (TPSA) is 75.7 Å². The quantitative estimate of drug-likeness (QED) is 0.265. The lowest BCUT2D eigenvalue weighted by molar-refractivity contribution is -0.137. The molecule has 0 spiro atoms. The largest absolute Gasteiger partial charge is 0.489 e. The van der Waals surface area contributed by atoms with E-state index in [1.165, 1.54) is 30.3 Å². The van der Waals surface area contributed by atoms with Crippen molar-refractivity contribution in [1.82, 2.24) is 5.32 Å². The molecule has 4 rings (SSSR count). The Morgan fingerprint density at radius 3 is 2.25 bits per heavy atom. The molecule has 1 heterocycles. The van der Waals surface area contributed by atoms with Crippen LogP contribution in [0.1, 0.15) is 16.7 Å². The van der Waals surface area contributed by atoms with E-state index in [0.29, 0.717) is 28.3 Å². The normalized spacial score (nSPS) is 15.3. The molecule has 0 saturated carbocycles. The Morgan fingerprint density at radius 2 is 1.61 bits per heavy atom. The zero-order valence-corrected chi connectivity index (χ0v) is 18.9. The van der Waals surface area contributed by atoms with Gasteiger partial charge in [-0.15, -0.1) is 0 Å². The molecule has 6 nitrogen and oxygen atoms in total.